The van der Waals surface area contributed by atoms with Gasteiger partial charge in [0.25, 0.3) is 0 Å². The van der Waals surface area contributed by atoms with Crippen molar-refractivity contribution >= 4 is 5.78 Å². The summed E-state index contributed by atoms with van der Waals surface area (Å²) in [6.45, 7) is 4.39. The minimum Gasteiger partial charge on any atom is -0.457 e. The first-order chi connectivity index (χ1) is 16.4. The van der Waals surface area contributed by atoms with Crippen LogP contribution in [0.15, 0.2) is 71.3 Å². The topological polar surface area (TPSA) is 46.5 Å². The summed E-state index contributed by atoms with van der Waals surface area (Å²) in [7, 11) is 0. The van der Waals surface area contributed by atoms with E-state index in [1.807, 2.05) is 24.3 Å². The van der Waals surface area contributed by atoms with Gasteiger partial charge in [-0.1, -0.05) is 42.8 Å². The van der Waals surface area contributed by atoms with Crippen LogP contribution in [0.25, 0.3) is 0 Å². The van der Waals surface area contributed by atoms with Crippen molar-refractivity contribution in [2.45, 2.75) is 70.8 Å². The molecule has 3 nitrogen and oxygen atoms in total. The summed E-state index contributed by atoms with van der Waals surface area (Å²) in [6.07, 6.45) is 8.35. The largest absolute Gasteiger partial charge is 0.457 e. The van der Waals surface area contributed by atoms with Gasteiger partial charge in [0.1, 0.15) is 11.5 Å². The van der Waals surface area contributed by atoms with E-state index in [1.54, 1.807) is 5.57 Å². The molecule has 2 fully saturated rings. The maximum absolute atomic E-state index is 12.2. The van der Waals surface area contributed by atoms with Crippen LogP contribution in [0.3, 0.4) is 0 Å². The van der Waals surface area contributed by atoms with Crippen LogP contribution in [0, 0.1) is 24.2 Å². The monoisotopic (exact) mass is 454 g/mol. The van der Waals surface area contributed by atoms with Crippen LogP contribution < -0.4 is 4.74 Å². The zero-order chi connectivity index (χ0) is 23.4. The van der Waals surface area contributed by atoms with Crippen LogP contribution in [0.4, 0.5) is 0 Å². The van der Waals surface area contributed by atoms with Crippen LogP contribution in [0.5, 0.6) is 11.5 Å². The third-order valence-corrected chi connectivity index (χ3v) is 9.29. The standard InChI is InChI=1S/C31H34O3/c1-19-5-3-4-6-28(19)34-23-11-7-20(8-12-23)26-18-31(2)27(15-16-29(31)33)25-13-9-21-17-22(32)10-14-24(21)30(25)26/h3-8,11-12,17,25-27,29,33H,9-10,13-16,18H2,1-2H3. The van der Waals surface area contributed by atoms with E-state index in [0.29, 0.717) is 24.2 Å². The molecular weight excluding hydrogens is 420 g/mol. The second-order valence-electron chi connectivity index (χ2n) is 11.1. The van der Waals surface area contributed by atoms with Gasteiger partial charge in [0.15, 0.2) is 5.78 Å². The van der Waals surface area contributed by atoms with E-state index in [0.717, 1.165) is 55.6 Å². The van der Waals surface area contributed by atoms with Gasteiger partial charge in [-0.3, -0.25) is 4.79 Å². The number of aryl methyl sites for hydroxylation is 1. The van der Waals surface area contributed by atoms with Crippen LogP contribution in [0.2, 0.25) is 0 Å². The highest BCUT2D eigenvalue weighted by atomic mass is 16.5. The summed E-state index contributed by atoms with van der Waals surface area (Å²) < 4.78 is 6.16. The number of benzene rings is 2. The Hall–Kier alpha value is -2.65. The molecule has 34 heavy (non-hydrogen) atoms. The van der Waals surface area contributed by atoms with Gasteiger partial charge in [-0.15, -0.1) is 0 Å². The molecule has 1 N–H and O–H groups in total. The number of allylic oxidation sites excluding steroid dienone is 4. The van der Waals surface area contributed by atoms with Gasteiger partial charge in [-0.2, -0.15) is 0 Å². The average Bonchev–Trinajstić information content (AvgIpc) is 3.14. The predicted octanol–water partition coefficient (Wildman–Crippen LogP) is 7.05. The van der Waals surface area contributed by atoms with Crippen LogP contribution in [-0.4, -0.2) is 17.0 Å². The van der Waals surface area contributed by atoms with Gasteiger partial charge >= 0.3 is 0 Å². The van der Waals surface area contributed by atoms with Gasteiger partial charge in [0, 0.05) is 12.3 Å². The lowest BCUT2D eigenvalue weighted by atomic mass is 9.53. The van der Waals surface area contributed by atoms with Crippen molar-refractivity contribution in [2.24, 2.45) is 17.3 Å². The van der Waals surface area contributed by atoms with Gasteiger partial charge < -0.3 is 9.84 Å². The molecule has 0 radical (unpaired) electrons. The summed E-state index contributed by atoms with van der Waals surface area (Å²) >= 11 is 0. The Morgan fingerprint density at radius 1 is 0.971 bits per heavy atom. The van der Waals surface area contributed by atoms with Gasteiger partial charge in [0.2, 0.25) is 0 Å². The van der Waals surface area contributed by atoms with Crippen LogP contribution in [-0.2, 0) is 4.79 Å². The van der Waals surface area contributed by atoms with E-state index in [9.17, 15) is 9.90 Å². The molecule has 5 atom stereocenters. The number of hydrogen-bond donors (Lipinski definition) is 1. The number of fused-ring (bicyclic) bond motifs is 4. The van der Waals surface area contributed by atoms with Crippen LogP contribution in [0.1, 0.15) is 68.9 Å². The number of rotatable bonds is 3. The molecule has 3 heteroatoms. The Morgan fingerprint density at radius 3 is 2.56 bits per heavy atom. The van der Waals surface area contributed by atoms with Crippen molar-refractivity contribution in [3.8, 4) is 11.5 Å². The Bertz CT molecular complexity index is 1190. The lowest BCUT2D eigenvalue weighted by Gasteiger charge is -2.52. The van der Waals surface area contributed by atoms with E-state index in [1.165, 1.54) is 16.7 Å². The molecule has 0 aliphatic heterocycles. The number of carbonyl (C=O) groups excluding carboxylic acids is 1. The van der Waals surface area contributed by atoms with Gasteiger partial charge in [-0.05, 0) is 109 Å². The Labute approximate surface area is 202 Å². The van der Waals surface area contributed by atoms with E-state index in [-0.39, 0.29) is 17.3 Å². The van der Waals surface area contributed by atoms with Gasteiger partial charge in [-0.25, -0.2) is 0 Å². The molecule has 176 valence electrons. The van der Waals surface area contributed by atoms with E-state index in [4.69, 9.17) is 4.74 Å². The number of carbonyl (C=O) groups is 1. The summed E-state index contributed by atoms with van der Waals surface area (Å²) in [4.78, 5) is 12.2. The smallest absolute Gasteiger partial charge is 0.156 e. The minimum absolute atomic E-state index is 0.0403. The number of hydrogen-bond acceptors (Lipinski definition) is 3. The minimum atomic E-state index is -0.222. The number of aliphatic hydroxyl groups is 1. The third kappa shape index (κ3) is 3.48. The molecule has 0 aromatic heterocycles. The zero-order valence-electron chi connectivity index (χ0n) is 20.2. The zero-order valence-corrected chi connectivity index (χ0v) is 20.2. The molecule has 4 aliphatic rings. The van der Waals surface area contributed by atoms with Crippen molar-refractivity contribution in [3.05, 3.63) is 82.5 Å². The summed E-state index contributed by atoms with van der Waals surface area (Å²) in [5, 5.41) is 11.0. The lowest BCUT2D eigenvalue weighted by Crippen LogP contribution is -2.45. The molecule has 2 saturated carbocycles. The highest BCUT2D eigenvalue weighted by molar-refractivity contribution is 5.93. The fourth-order valence-electron chi connectivity index (χ4n) is 7.50. The molecule has 0 spiro atoms. The fraction of sp³-hybridized carbons (Fsp3) is 0.452. The van der Waals surface area contributed by atoms with E-state index in [2.05, 4.69) is 44.2 Å². The number of para-hydroxylation sites is 1. The first-order valence-electron chi connectivity index (χ1n) is 12.9. The van der Waals surface area contributed by atoms with E-state index < -0.39 is 0 Å². The van der Waals surface area contributed by atoms with Gasteiger partial charge in [0.05, 0.1) is 6.10 Å². The molecule has 2 aromatic carbocycles. The first-order valence-corrected chi connectivity index (χ1v) is 12.9. The number of ether oxygens (including phenoxy) is 1. The summed E-state index contributed by atoms with van der Waals surface area (Å²) in [6, 6.07) is 16.7. The molecule has 0 saturated heterocycles. The molecule has 4 aliphatic carbocycles. The third-order valence-electron chi connectivity index (χ3n) is 9.29. The lowest BCUT2D eigenvalue weighted by molar-refractivity contribution is -0.114. The molecule has 0 heterocycles. The Balaban J connectivity index is 1.39. The Kier molecular flexibility index (Phi) is 5.29. The second-order valence-corrected chi connectivity index (χ2v) is 11.1. The molecule has 5 unspecified atom stereocenters. The SMILES string of the molecule is Cc1ccccc1Oc1ccc(C2CC3(C)C(O)CCC3C3CCC4=CC(=O)CCC4=C23)cc1. The van der Waals surface area contributed by atoms with Crippen molar-refractivity contribution in [1.29, 1.82) is 0 Å². The quantitative estimate of drug-likeness (QED) is 0.541. The molecule has 6 rings (SSSR count). The van der Waals surface area contributed by atoms with Crippen molar-refractivity contribution < 1.29 is 14.6 Å². The summed E-state index contributed by atoms with van der Waals surface area (Å²) in [5.41, 5.74) is 6.71. The summed E-state index contributed by atoms with van der Waals surface area (Å²) in [5.74, 6) is 3.37. The van der Waals surface area contributed by atoms with Crippen molar-refractivity contribution in [3.63, 3.8) is 0 Å². The maximum Gasteiger partial charge on any atom is 0.156 e. The fourth-order valence-corrected chi connectivity index (χ4v) is 7.50. The second kappa shape index (κ2) is 8.23. The Morgan fingerprint density at radius 2 is 1.76 bits per heavy atom. The van der Waals surface area contributed by atoms with Crippen molar-refractivity contribution in [2.75, 3.05) is 0 Å². The molecule has 2 aromatic rings. The molecular formula is C31H34O3. The number of ketones is 1. The highest BCUT2D eigenvalue weighted by Crippen LogP contribution is 2.63. The molecule has 0 amide bonds. The van der Waals surface area contributed by atoms with Crippen LogP contribution >= 0.6 is 0 Å². The van der Waals surface area contributed by atoms with E-state index >= 15 is 0 Å². The first kappa shape index (κ1) is 21.9. The number of aliphatic hydroxyl groups excluding tert-OH is 1. The maximum atomic E-state index is 12.2. The normalized spacial score (nSPS) is 32.6. The molecule has 0 bridgehead atoms. The highest BCUT2D eigenvalue weighted by Gasteiger charge is 2.56. The van der Waals surface area contributed by atoms with Crippen molar-refractivity contribution in [1.82, 2.24) is 0 Å². The predicted molar refractivity (Wildman–Crippen MR) is 134 cm³/mol. The average molecular weight is 455 g/mol.